The van der Waals surface area contributed by atoms with Crippen molar-refractivity contribution in [2.75, 3.05) is 21.3 Å². The molecule has 0 bridgehead atoms. The third-order valence-corrected chi connectivity index (χ3v) is 1.87. The van der Waals surface area contributed by atoms with E-state index in [1.54, 1.807) is 12.1 Å². The van der Waals surface area contributed by atoms with Gasteiger partial charge in [0, 0.05) is 17.1 Å². The van der Waals surface area contributed by atoms with E-state index in [1.165, 1.54) is 21.3 Å². The molecular weight excluding hydrogens is 198 g/mol. The molecule has 5 heteroatoms. The summed E-state index contributed by atoms with van der Waals surface area (Å²) in [6.45, 7) is 0. The highest BCUT2D eigenvalue weighted by Gasteiger charge is 2.15. The molecule has 1 aromatic carbocycles. The second kappa shape index (κ2) is 4.96. The molecule has 1 rings (SSSR count). The Bertz CT molecular complexity index is 381. The van der Waals surface area contributed by atoms with Gasteiger partial charge in [-0.15, -0.1) is 0 Å². The maximum absolute atomic E-state index is 10.2. The lowest BCUT2D eigenvalue weighted by atomic mass is 10.2. The van der Waals surface area contributed by atoms with Gasteiger partial charge in [0.2, 0.25) is 0 Å². The van der Waals surface area contributed by atoms with E-state index in [0.717, 1.165) is 0 Å². The van der Waals surface area contributed by atoms with Gasteiger partial charge in [0.15, 0.2) is 5.56 Å². The fourth-order valence-corrected chi connectivity index (χ4v) is 1.16. The zero-order valence-electron chi connectivity index (χ0n) is 8.73. The molecule has 0 radical (unpaired) electrons. The van der Waals surface area contributed by atoms with Crippen LogP contribution in [0.5, 0.6) is 17.2 Å². The van der Waals surface area contributed by atoms with Crippen molar-refractivity contribution in [3.63, 3.8) is 0 Å². The minimum absolute atomic E-state index is 0.371. The minimum atomic E-state index is 0.371. The average Bonchev–Trinajstić information content (AvgIpc) is 2.29. The highest BCUT2D eigenvalue weighted by atomic mass is 16.5. The number of benzene rings is 1. The summed E-state index contributed by atoms with van der Waals surface area (Å²) < 4.78 is 15.2. The molecule has 1 aromatic rings. The molecule has 0 aliphatic rings. The molecule has 15 heavy (non-hydrogen) atoms. The van der Waals surface area contributed by atoms with Gasteiger partial charge < -0.3 is 19.4 Å². The van der Waals surface area contributed by atoms with E-state index < -0.39 is 0 Å². The fourth-order valence-electron chi connectivity index (χ4n) is 1.16. The van der Waals surface area contributed by atoms with Crippen LogP contribution in [0.2, 0.25) is 0 Å². The average molecular weight is 209 g/mol. The highest BCUT2D eigenvalue weighted by molar-refractivity contribution is 5.58. The molecule has 0 heterocycles. The predicted octanol–water partition coefficient (Wildman–Crippen LogP) is 1.89. The van der Waals surface area contributed by atoms with E-state index in [4.69, 9.17) is 14.2 Å². The van der Waals surface area contributed by atoms with Crippen LogP contribution in [-0.2, 0) is 0 Å². The van der Waals surface area contributed by atoms with E-state index in [-0.39, 0.29) is 0 Å². The summed E-state index contributed by atoms with van der Waals surface area (Å²) in [5.74, 6) is 1.41. The van der Waals surface area contributed by atoms with Gasteiger partial charge in [-0.1, -0.05) is 0 Å². The van der Waals surface area contributed by atoms with Crippen molar-refractivity contribution in [3.8, 4) is 23.3 Å². The fraction of sp³-hybridized carbons (Fsp3) is 0.300. The number of rotatable bonds is 3. The lowest BCUT2D eigenvalue weighted by Gasteiger charge is -2.08. The van der Waals surface area contributed by atoms with Gasteiger partial charge in [-0.2, -0.15) is 0 Å². The first-order valence-electron chi connectivity index (χ1n) is 4.15. The summed E-state index contributed by atoms with van der Waals surface area (Å²) in [6.07, 6.45) is 0. The van der Waals surface area contributed by atoms with Crippen LogP contribution >= 0.6 is 0 Å². The quantitative estimate of drug-likeness (QED) is 0.713. The number of methoxy groups -OCH3 is 3. The summed E-state index contributed by atoms with van der Waals surface area (Å²) in [5.41, 5.74) is 0.371. The molecule has 0 N–H and O–H groups in total. The summed E-state index contributed by atoms with van der Waals surface area (Å²) >= 11 is 0. The molecule has 0 aliphatic carbocycles. The molecule has 0 aromatic heterocycles. The standard InChI is InChI=1S/C10H11NO4/c1-13-7-4-9(14-2)8(6-11-12)10(5-7)15-3/h4-5H,1-3H3. The van der Waals surface area contributed by atoms with Crippen LogP contribution in [0.4, 0.5) is 0 Å². The van der Waals surface area contributed by atoms with E-state index in [0.29, 0.717) is 22.8 Å². The molecule has 0 aliphatic heterocycles. The van der Waals surface area contributed by atoms with Crippen LogP contribution in [0, 0.1) is 11.3 Å². The Hall–Kier alpha value is -2.09. The van der Waals surface area contributed by atoms with Gasteiger partial charge in [-0.25, -0.2) is 0 Å². The van der Waals surface area contributed by atoms with E-state index in [2.05, 4.69) is 11.1 Å². The lowest BCUT2D eigenvalue weighted by molar-refractivity contribution is 0.374. The Morgan fingerprint density at radius 1 is 1.07 bits per heavy atom. The normalized spacial score (nSPS) is 8.73. The molecule has 0 spiro atoms. The first-order valence-corrected chi connectivity index (χ1v) is 4.15. The summed E-state index contributed by atoms with van der Waals surface area (Å²) in [7, 11) is 4.48. The van der Waals surface area contributed by atoms with Gasteiger partial charge in [0.05, 0.1) is 21.3 Å². The van der Waals surface area contributed by atoms with Crippen LogP contribution < -0.4 is 14.2 Å². The maximum atomic E-state index is 10.2. The number of ether oxygens (including phenoxy) is 3. The van der Waals surface area contributed by atoms with Crippen molar-refractivity contribution in [3.05, 3.63) is 27.9 Å². The van der Waals surface area contributed by atoms with Crippen molar-refractivity contribution in [1.82, 2.24) is 0 Å². The molecule has 0 atom stereocenters. The van der Waals surface area contributed by atoms with Gasteiger partial charge in [-0.3, -0.25) is 0 Å². The molecular formula is C10H11NO4. The predicted molar refractivity (Wildman–Crippen MR) is 55.8 cm³/mol. The Labute approximate surface area is 87.6 Å². The molecule has 0 unspecified atom stereocenters. The Morgan fingerprint density at radius 3 is 1.93 bits per heavy atom. The molecule has 0 fully saturated rings. The number of hydrogen-bond donors (Lipinski definition) is 0. The second-order valence-electron chi connectivity index (χ2n) is 2.61. The smallest absolute Gasteiger partial charge is 0.344 e. The van der Waals surface area contributed by atoms with Gasteiger partial charge >= 0.3 is 6.07 Å². The zero-order valence-corrected chi connectivity index (χ0v) is 8.73. The largest absolute Gasteiger partial charge is 0.498 e. The monoisotopic (exact) mass is 209 g/mol. The Balaban J connectivity index is 3.36. The van der Waals surface area contributed by atoms with Crippen molar-refractivity contribution in [2.45, 2.75) is 0 Å². The molecule has 80 valence electrons. The maximum Gasteiger partial charge on any atom is 0.344 e. The first-order chi connectivity index (χ1) is 7.26. The second-order valence-corrected chi connectivity index (χ2v) is 2.61. The summed E-state index contributed by atoms with van der Waals surface area (Å²) in [6, 6.07) is 5.50. The molecule has 0 amide bonds. The zero-order chi connectivity index (χ0) is 11.3. The minimum Gasteiger partial charge on any atom is -0.498 e. The van der Waals surface area contributed by atoms with Crippen LogP contribution in [0.25, 0.3) is 5.01 Å². The van der Waals surface area contributed by atoms with E-state index >= 15 is 0 Å². The van der Waals surface area contributed by atoms with Crippen LogP contribution in [0.15, 0.2) is 12.1 Å². The Morgan fingerprint density at radius 2 is 1.60 bits per heavy atom. The van der Waals surface area contributed by atoms with E-state index in [1.807, 2.05) is 0 Å². The number of nitrogens with zero attached hydrogens (tertiary/aromatic N) is 1. The van der Waals surface area contributed by atoms with Crippen molar-refractivity contribution in [2.24, 2.45) is 0 Å². The highest BCUT2D eigenvalue weighted by Crippen LogP contribution is 2.33. The topological polar surface area (TPSA) is 55.1 Å². The van der Waals surface area contributed by atoms with Crippen LogP contribution in [-0.4, -0.2) is 21.3 Å². The third kappa shape index (κ3) is 2.23. The van der Waals surface area contributed by atoms with Crippen molar-refractivity contribution in [1.29, 1.82) is 0 Å². The molecule has 0 saturated carbocycles. The van der Waals surface area contributed by atoms with E-state index in [9.17, 15) is 5.21 Å². The number of hydrogen-bond acceptors (Lipinski definition) is 4. The first kappa shape index (κ1) is 11.0. The van der Waals surface area contributed by atoms with Gasteiger partial charge in [0.25, 0.3) is 0 Å². The van der Waals surface area contributed by atoms with Crippen molar-refractivity contribution >= 4 is 0 Å². The lowest BCUT2D eigenvalue weighted by Crippen LogP contribution is -1.95. The Kier molecular flexibility index (Phi) is 3.63. The van der Waals surface area contributed by atoms with Gasteiger partial charge in [0.1, 0.15) is 17.2 Å². The molecule has 5 nitrogen and oxygen atoms in total. The molecule has 0 saturated heterocycles. The SMILES string of the molecule is COc1cc(OC)c(C#[N+][O-])c(OC)c1. The van der Waals surface area contributed by atoms with Crippen LogP contribution in [0.3, 0.4) is 0 Å². The van der Waals surface area contributed by atoms with Crippen molar-refractivity contribution < 1.29 is 14.2 Å². The summed E-state index contributed by atoms with van der Waals surface area (Å²) in [5, 5.41) is 12.7. The van der Waals surface area contributed by atoms with Crippen LogP contribution in [0.1, 0.15) is 5.56 Å². The third-order valence-electron chi connectivity index (χ3n) is 1.87. The summed E-state index contributed by atoms with van der Waals surface area (Å²) in [4.78, 5) is 0. The van der Waals surface area contributed by atoms with Gasteiger partial charge in [-0.05, 0) is 0 Å².